The minimum Gasteiger partial charge on any atom is -0.318 e. The molecular formula is C11H15N. The van der Waals surface area contributed by atoms with E-state index in [4.69, 9.17) is 5.73 Å². The van der Waals surface area contributed by atoms with Gasteiger partial charge in [-0.25, -0.2) is 0 Å². The standard InChI is InChI=1S/C11H15N/c1-9(2)11(3,12)10-7-5-4-6-8-10/h4-8H,1,12H2,2-3H3. The first-order valence-corrected chi connectivity index (χ1v) is 4.05. The Kier molecular flexibility index (Phi) is 2.34. The molecule has 0 bridgehead atoms. The van der Waals surface area contributed by atoms with Gasteiger partial charge in [-0.1, -0.05) is 42.5 Å². The summed E-state index contributed by atoms with van der Waals surface area (Å²) in [4.78, 5) is 0. The lowest BCUT2D eigenvalue weighted by Crippen LogP contribution is -2.33. The first-order valence-electron chi connectivity index (χ1n) is 4.05. The van der Waals surface area contributed by atoms with Gasteiger partial charge < -0.3 is 5.73 Å². The summed E-state index contributed by atoms with van der Waals surface area (Å²) in [7, 11) is 0. The second-order valence-corrected chi connectivity index (χ2v) is 3.35. The molecule has 1 heteroatoms. The monoisotopic (exact) mass is 161 g/mol. The molecule has 0 aromatic heterocycles. The molecule has 0 fully saturated rings. The maximum absolute atomic E-state index is 6.08. The van der Waals surface area contributed by atoms with Crippen LogP contribution in [0.3, 0.4) is 0 Å². The van der Waals surface area contributed by atoms with E-state index in [1.54, 1.807) is 0 Å². The van der Waals surface area contributed by atoms with Crippen LogP contribution in [0.15, 0.2) is 42.5 Å². The summed E-state index contributed by atoms with van der Waals surface area (Å²) in [6.45, 7) is 7.81. The Morgan fingerprint density at radius 3 is 2.25 bits per heavy atom. The highest BCUT2D eigenvalue weighted by molar-refractivity contribution is 5.31. The van der Waals surface area contributed by atoms with E-state index in [1.807, 2.05) is 44.2 Å². The van der Waals surface area contributed by atoms with E-state index in [0.717, 1.165) is 11.1 Å². The quantitative estimate of drug-likeness (QED) is 0.662. The average Bonchev–Trinajstić information content (AvgIpc) is 2.06. The Balaban J connectivity index is 3.06. The summed E-state index contributed by atoms with van der Waals surface area (Å²) in [5, 5.41) is 0. The van der Waals surface area contributed by atoms with Gasteiger partial charge in [-0.15, -0.1) is 0 Å². The molecular weight excluding hydrogens is 146 g/mol. The summed E-state index contributed by atoms with van der Waals surface area (Å²) in [6.07, 6.45) is 0. The number of hydrogen-bond acceptors (Lipinski definition) is 1. The van der Waals surface area contributed by atoms with Crippen molar-refractivity contribution in [3.63, 3.8) is 0 Å². The van der Waals surface area contributed by atoms with Crippen molar-refractivity contribution >= 4 is 0 Å². The molecule has 0 saturated heterocycles. The zero-order valence-electron chi connectivity index (χ0n) is 7.67. The molecule has 0 spiro atoms. The van der Waals surface area contributed by atoms with Crippen molar-refractivity contribution in [2.75, 3.05) is 0 Å². The Bertz CT molecular complexity index is 272. The molecule has 0 amide bonds. The molecule has 0 heterocycles. The van der Waals surface area contributed by atoms with E-state index in [2.05, 4.69) is 6.58 Å². The summed E-state index contributed by atoms with van der Waals surface area (Å²) in [6, 6.07) is 10.0. The molecule has 1 atom stereocenters. The maximum atomic E-state index is 6.08. The summed E-state index contributed by atoms with van der Waals surface area (Å²) >= 11 is 0. The first-order chi connectivity index (χ1) is 5.55. The maximum Gasteiger partial charge on any atom is 0.0591 e. The highest BCUT2D eigenvalue weighted by Crippen LogP contribution is 2.23. The second-order valence-electron chi connectivity index (χ2n) is 3.35. The van der Waals surface area contributed by atoms with E-state index in [-0.39, 0.29) is 0 Å². The number of rotatable bonds is 2. The lowest BCUT2D eigenvalue weighted by atomic mass is 9.87. The number of hydrogen-bond donors (Lipinski definition) is 1. The Hall–Kier alpha value is -1.08. The first kappa shape index (κ1) is 9.01. The van der Waals surface area contributed by atoms with Crippen molar-refractivity contribution in [3.05, 3.63) is 48.0 Å². The van der Waals surface area contributed by atoms with Gasteiger partial charge in [0.15, 0.2) is 0 Å². The largest absolute Gasteiger partial charge is 0.318 e. The zero-order valence-corrected chi connectivity index (χ0v) is 7.67. The molecule has 2 N–H and O–H groups in total. The lowest BCUT2D eigenvalue weighted by Gasteiger charge is -2.25. The van der Waals surface area contributed by atoms with E-state index in [9.17, 15) is 0 Å². The van der Waals surface area contributed by atoms with Crippen LogP contribution in [-0.2, 0) is 5.54 Å². The van der Waals surface area contributed by atoms with Crippen LogP contribution in [0.1, 0.15) is 19.4 Å². The van der Waals surface area contributed by atoms with E-state index < -0.39 is 5.54 Å². The van der Waals surface area contributed by atoms with Crippen LogP contribution in [0.4, 0.5) is 0 Å². The Labute approximate surface area is 73.9 Å². The van der Waals surface area contributed by atoms with Gasteiger partial charge >= 0.3 is 0 Å². The van der Waals surface area contributed by atoms with Gasteiger partial charge in [-0.2, -0.15) is 0 Å². The zero-order chi connectivity index (χ0) is 9.19. The number of benzene rings is 1. The molecule has 1 nitrogen and oxygen atoms in total. The van der Waals surface area contributed by atoms with Crippen LogP contribution in [0.25, 0.3) is 0 Å². The minimum atomic E-state index is -0.402. The Morgan fingerprint density at radius 2 is 1.83 bits per heavy atom. The normalized spacial score (nSPS) is 15.2. The van der Waals surface area contributed by atoms with E-state index in [0.29, 0.717) is 0 Å². The molecule has 1 rings (SSSR count). The van der Waals surface area contributed by atoms with Gasteiger partial charge in [0.1, 0.15) is 0 Å². The molecule has 1 aromatic rings. The number of nitrogens with two attached hydrogens (primary N) is 1. The lowest BCUT2D eigenvalue weighted by molar-refractivity contribution is 0.589. The highest BCUT2D eigenvalue weighted by atomic mass is 14.7. The SMILES string of the molecule is C=C(C)C(C)(N)c1ccccc1. The van der Waals surface area contributed by atoms with Crippen molar-refractivity contribution in [2.24, 2.45) is 5.73 Å². The fraction of sp³-hybridized carbons (Fsp3) is 0.273. The van der Waals surface area contributed by atoms with Gasteiger partial charge in [-0.05, 0) is 19.4 Å². The molecule has 1 aromatic carbocycles. The van der Waals surface area contributed by atoms with Crippen molar-refractivity contribution in [1.82, 2.24) is 0 Å². The molecule has 64 valence electrons. The van der Waals surface area contributed by atoms with Crippen LogP contribution in [0.5, 0.6) is 0 Å². The van der Waals surface area contributed by atoms with Crippen LogP contribution in [-0.4, -0.2) is 0 Å². The molecule has 1 unspecified atom stereocenters. The summed E-state index contributed by atoms with van der Waals surface area (Å²) in [5.74, 6) is 0. The molecule has 12 heavy (non-hydrogen) atoms. The van der Waals surface area contributed by atoms with Gasteiger partial charge in [0.25, 0.3) is 0 Å². The Morgan fingerprint density at radius 1 is 1.33 bits per heavy atom. The van der Waals surface area contributed by atoms with Gasteiger partial charge in [0.2, 0.25) is 0 Å². The predicted molar refractivity (Wildman–Crippen MR) is 52.8 cm³/mol. The summed E-state index contributed by atoms with van der Waals surface area (Å²) < 4.78 is 0. The summed E-state index contributed by atoms with van der Waals surface area (Å²) in [5.41, 5.74) is 7.77. The highest BCUT2D eigenvalue weighted by Gasteiger charge is 2.20. The van der Waals surface area contributed by atoms with Gasteiger partial charge in [0, 0.05) is 0 Å². The van der Waals surface area contributed by atoms with Crippen LogP contribution in [0.2, 0.25) is 0 Å². The fourth-order valence-electron chi connectivity index (χ4n) is 1.03. The fourth-order valence-corrected chi connectivity index (χ4v) is 1.03. The van der Waals surface area contributed by atoms with Crippen molar-refractivity contribution in [1.29, 1.82) is 0 Å². The molecule has 0 saturated carbocycles. The average molecular weight is 161 g/mol. The van der Waals surface area contributed by atoms with Crippen LogP contribution < -0.4 is 5.73 Å². The van der Waals surface area contributed by atoms with Gasteiger partial charge in [0.05, 0.1) is 5.54 Å². The molecule has 0 aliphatic heterocycles. The topological polar surface area (TPSA) is 26.0 Å². The third-order valence-corrected chi connectivity index (χ3v) is 2.26. The van der Waals surface area contributed by atoms with Crippen molar-refractivity contribution < 1.29 is 0 Å². The molecule has 0 aliphatic carbocycles. The third-order valence-electron chi connectivity index (χ3n) is 2.26. The van der Waals surface area contributed by atoms with E-state index in [1.165, 1.54) is 0 Å². The van der Waals surface area contributed by atoms with Crippen LogP contribution in [0, 0.1) is 0 Å². The predicted octanol–water partition coefficient (Wildman–Crippen LogP) is 2.44. The van der Waals surface area contributed by atoms with Crippen LogP contribution >= 0.6 is 0 Å². The molecule has 0 radical (unpaired) electrons. The van der Waals surface area contributed by atoms with Crippen molar-refractivity contribution in [2.45, 2.75) is 19.4 Å². The third kappa shape index (κ3) is 1.56. The smallest absolute Gasteiger partial charge is 0.0591 e. The minimum absolute atomic E-state index is 0.402. The molecule has 0 aliphatic rings. The van der Waals surface area contributed by atoms with Gasteiger partial charge in [-0.3, -0.25) is 0 Å². The second kappa shape index (κ2) is 3.11. The van der Waals surface area contributed by atoms with Crippen molar-refractivity contribution in [3.8, 4) is 0 Å². The van der Waals surface area contributed by atoms with E-state index >= 15 is 0 Å².